The fourth-order valence-corrected chi connectivity index (χ4v) is 4.87. The van der Waals surface area contributed by atoms with Gasteiger partial charge < -0.3 is 14.8 Å². The molecule has 0 unspecified atom stereocenters. The lowest BCUT2D eigenvalue weighted by Crippen LogP contribution is -2.38. The van der Waals surface area contributed by atoms with Crippen molar-refractivity contribution in [2.45, 2.75) is 18.8 Å². The predicted molar refractivity (Wildman–Crippen MR) is 98.8 cm³/mol. The summed E-state index contributed by atoms with van der Waals surface area (Å²) in [6.45, 7) is 1.06. The molecule has 0 spiro atoms. The molecule has 9 nitrogen and oxygen atoms in total. The Kier molecular flexibility index (Phi) is 4.74. The Labute approximate surface area is 160 Å². The Hall–Kier alpha value is -2.24. The summed E-state index contributed by atoms with van der Waals surface area (Å²) in [5.74, 6) is 0.805. The van der Waals surface area contributed by atoms with Crippen LogP contribution in [0.25, 0.3) is 0 Å². The maximum atomic E-state index is 12.5. The van der Waals surface area contributed by atoms with Gasteiger partial charge in [-0.3, -0.25) is 4.79 Å². The number of sulfonamides is 1. The zero-order valence-electron chi connectivity index (χ0n) is 14.5. The van der Waals surface area contributed by atoms with Gasteiger partial charge >= 0.3 is 0 Å². The number of aromatic nitrogens is 2. The highest BCUT2D eigenvalue weighted by Gasteiger charge is 2.29. The summed E-state index contributed by atoms with van der Waals surface area (Å²) in [6.07, 6.45) is 2.79. The van der Waals surface area contributed by atoms with Crippen LogP contribution in [-0.4, -0.2) is 55.0 Å². The fourth-order valence-electron chi connectivity index (χ4n) is 3.10. The molecule has 27 heavy (non-hydrogen) atoms. The number of ether oxygens (including phenoxy) is 2. The maximum absolute atomic E-state index is 12.5. The van der Waals surface area contributed by atoms with E-state index in [1.807, 2.05) is 0 Å². The number of fused-ring (bicyclic) bond motifs is 1. The summed E-state index contributed by atoms with van der Waals surface area (Å²) in [7, 11) is -3.23. The first kappa shape index (κ1) is 18.1. The molecule has 1 N–H and O–H groups in total. The average molecular weight is 410 g/mol. The normalized spacial score (nSPS) is 19.8. The van der Waals surface area contributed by atoms with E-state index in [2.05, 4.69) is 15.5 Å². The number of benzene rings is 1. The van der Waals surface area contributed by atoms with Crippen molar-refractivity contribution in [1.82, 2.24) is 14.5 Å². The molecule has 1 saturated heterocycles. The summed E-state index contributed by atoms with van der Waals surface area (Å²) in [5.41, 5.74) is 0.571. The first-order chi connectivity index (χ1) is 12.9. The van der Waals surface area contributed by atoms with Crippen molar-refractivity contribution in [3.05, 3.63) is 28.2 Å². The third-order valence-electron chi connectivity index (χ3n) is 4.47. The van der Waals surface area contributed by atoms with Crippen LogP contribution in [0.5, 0.6) is 11.5 Å². The van der Waals surface area contributed by atoms with Crippen molar-refractivity contribution in [3.63, 3.8) is 0 Å². The van der Waals surface area contributed by atoms with E-state index < -0.39 is 10.0 Å². The number of nitrogens with zero attached hydrogens (tertiary/aromatic N) is 3. The molecule has 0 aliphatic carbocycles. The zero-order chi connectivity index (χ0) is 19.0. The molecule has 1 aromatic heterocycles. The molecule has 0 saturated carbocycles. The largest absolute Gasteiger partial charge is 0.454 e. The predicted octanol–water partition coefficient (Wildman–Crippen LogP) is 1.66. The minimum absolute atomic E-state index is 0.0435. The van der Waals surface area contributed by atoms with E-state index in [1.54, 1.807) is 18.2 Å². The van der Waals surface area contributed by atoms with Crippen LogP contribution < -0.4 is 14.8 Å². The van der Waals surface area contributed by atoms with Crippen molar-refractivity contribution in [1.29, 1.82) is 0 Å². The summed E-state index contributed by atoms with van der Waals surface area (Å²) < 4.78 is 35.5. The smallest absolute Gasteiger partial charge is 0.286 e. The molecular formula is C16H18N4O5S2. The summed E-state index contributed by atoms with van der Waals surface area (Å²) in [6, 6.07) is 5.14. The molecule has 1 amide bonds. The molecule has 1 atom stereocenters. The van der Waals surface area contributed by atoms with Crippen LogP contribution in [0.3, 0.4) is 0 Å². The SMILES string of the molecule is CS(=O)(=O)N1CCC[C@H](c2nnc(C(=O)Nc3ccc4c(c3)OCO4)s2)C1. The van der Waals surface area contributed by atoms with E-state index in [1.165, 1.54) is 21.9 Å². The Morgan fingerprint density at radius 3 is 2.93 bits per heavy atom. The Morgan fingerprint density at radius 2 is 2.11 bits per heavy atom. The third-order valence-corrected chi connectivity index (χ3v) is 6.82. The quantitative estimate of drug-likeness (QED) is 0.816. The standard InChI is InChI=1S/C16H18N4O5S2/c1-27(22,23)20-6-2-3-10(8-20)15-18-19-16(26-15)14(21)17-11-4-5-12-13(7-11)25-9-24-12/h4-5,7,10H,2-3,6,8-9H2,1H3,(H,17,21)/t10-/m0/s1. The molecule has 0 bridgehead atoms. The van der Waals surface area contributed by atoms with Crippen LogP contribution in [0, 0.1) is 0 Å². The second-order valence-corrected chi connectivity index (χ2v) is 9.42. The summed E-state index contributed by atoms with van der Waals surface area (Å²) in [5, 5.41) is 11.8. The summed E-state index contributed by atoms with van der Waals surface area (Å²) in [4.78, 5) is 12.5. The van der Waals surface area contributed by atoms with Crippen LogP contribution in [0.2, 0.25) is 0 Å². The number of carbonyl (C=O) groups excluding carboxylic acids is 1. The van der Waals surface area contributed by atoms with Crippen molar-refractivity contribution < 1.29 is 22.7 Å². The molecule has 3 heterocycles. The van der Waals surface area contributed by atoms with Crippen LogP contribution in [0.1, 0.15) is 33.6 Å². The maximum Gasteiger partial charge on any atom is 0.286 e. The number of anilines is 1. The van der Waals surface area contributed by atoms with E-state index in [0.29, 0.717) is 35.3 Å². The highest BCUT2D eigenvalue weighted by atomic mass is 32.2. The highest BCUT2D eigenvalue weighted by Crippen LogP contribution is 2.34. The molecule has 11 heteroatoms. The van der Waals surface area contributed by atoms with Gasteiger partial charge in [0.2, 0.25) is 21.8 Å². The second-order valence-electron chi connectivity index (χ2n) is 6.43. The Bertz CT molecular complexity index is 975. The number of piperidine rings is 1. The van der Waals surface area contributed by atoms with Crippen LogP contribution in [0.15, 0.2) is 18.2 Å². The number of amides is 1. The lowest BCUT2D eigenvalue weighted by atomic mass is 10.0. The average Bonchev–Trinajstić information content (AvgIpc) is 3.30. The van der Waals surface area contributed by atoms with Crippen molar-refractivity contribution in [3.8, 4) is 11.5 Å². The van der Waals surface area contributed by atoms with Gasteiger partial charge in [-0.25, -0.2) is 12.7 Å². The van der Waals surface area contributed by atoms with Crippen molar-refractivity contribution >= 4 is 33.0 Å². The molecule has 1 fully saturated rings. The molecule has 2 aliphatic heterocycles. The molecule has 2 aromatic rings. The van der Waals surface area contributed by atoms with Crippen molar-refractivity contribution in [2.75, 3.05) is 31.5 Å². The van der Waals surface area contributed by atoms with Gasteiger partial charge in [0.1, 0.15) is 5.01 Å². The Balaban J connectivity index is 1.45. The van der Waals surface area contributed by atoms with Crippen molar-refractivity contribution in [2.24, 2.45) is 0 Å². The molecule has 1 aromatic carbocycles. The van der Waals surface area contributed by atoms with Crippen LogP contribution in [-0.2, 0) is 10.0 Å². The van der Waals surface area contributed by atoms with Gasteiger partial charge in [-0.15, -0.1) is 10.2 Å². The van der Waals surface area contributed by atoms with Gasteiger partial charge in [0.25, 0.3) is 5.91 Å². The number of rotatable bonds is 4. The molecule has 144 valence electrons. The second kappa shape index (κ2) is 7.06. The van der Waals surface area contributed by atoms with Gasteiger partial charge in [0.15, 0.2) is 11.5 Å². The number of hydrogen-bond donors (Lipinski definition) is 1. The topological polar surface area (TPSA) is 111 Å². The monoisotopic (exact) mass is 410 g/mol. The Morgan fingerprint density at radius 1 is 1.30 bits per heavy atom. The zero-order valence-corrected chi connectivity index (χ0v) is 16.2. The van der Waals surface area contributed by atoms with E-state index in [-0.39, 0.29) is 23.6 Å². The van der Waals surface area contributed by atoms with Crippen LogP contribution in [0.4, 0.5) is 5.69 Å². The summed E-state index contributed by atoms with van der Waals surface area (Å²) >= 11 is 1.19. The lowest BCUT2D eigenvalue weighted by molar-refractivity contribution is 0.102. The van der Waals surface area contributed by atoms with Gasteiger partial charge in [-0.1, -0.05) is 11.3 Å². The fraction of sp³-hybridized carbons (Fsp3) is 0.438. The minimum atomic E-state index is -3.23. The third kappa shape index (κ3) is 3.89. The molecule has 2 aliphatic rings. The number of nitrogens with one attached hydrogen (secondary N) is 1. The van der Waals surface area contributed by atoms with E-state index >= 15 is 0 Å². The van der Waals surface area contributed by atoms with Gasteiger partial charge in [0.05, 0.1) is 6.26 Å². The minimum Gasteiger partial charge on any atom is -0.454 e. The van der Waals surface area contributed by atoms with Gasteiger partial charge in [-0.05, 0) is 25.0 Å². The molecule has 0 radical (unpaired) electrons. The molecule has 4 rings (SSSR count). The number of hydrogen-bond acceptors (Lipinski definition) is 8. The van der Waals surface area contributed by atoms with Gasteiger partial charge in [0, 0.05) is 30.8 Å². The first-order valence-electron chi connectivity index (χ1n) is 8.40. The van der Waals surface area contributed by atoms with E-state index in [9.17, 15) is 13.2 Å². The number of carbonyl (C=O) groups is 1. The van der Waals surface area contributed by atoms with E-state index in [0.717, 1.165) is 12.8 Å². The first-order valence-corrected chi connectivity index (χ1v) is 11.1. The lowest BCUT2D eigenvalue weighted by Gasteiger charge is -2.29. The van der Waals surface area contributed by atoms with Gasteiger partial charge in [-0.2, -0.15) is 0 Å². The highest BCUT2D eigenvalue weighted by molar-refractivity contribution is 7.88. The molecular weight excluding hydrogens is 392 g/mol. The van der Waals surface area contributed by atoms with E-state index in [4.69, 9.17) is 9.47 Å². The van der Waals surface area contributed by atoms with Crippen LogP contribution >= 0.6 is 11.3 Å².